The van der Waals surface area contributed by atoms with Crippen LogP contribution in [0.2, 0.25) is 0 Å². The number of aldehydes is 1. The molecule has 1 aromatic rings. The molecule has 20 heavy (non-hydrogen) atoms. The molecule has 1 fully saturated rings. The van der Waals surface area contributed by atoms with Gasteiger partial charge in [0.1, 0.15) is 5.75 Å². The van der Waals surface area contributed by atoms with E-state index in [-0.39, 0.29) is 0 Å². The zero-order valence-electron chi connectivity index (χ0n) is 12.2. The number of hydrogen-bond donors (Lipinski definition) is 0. The van der Waals surface area contributed by atoms with Gasteiger partial charge in [-0.3, -0.25) is 4.79 Å². The average molecular weight is 275 g/mol. The minimum absolute atomic E-state index is 0.639. The van der Waals surface area contributed by atoms with Crippen LogP contribution in [0.3, 0.4) is 0 Å². The van der Waals surface area contributed by atoms with Crippen molar-refractivity contribution in [2.45, 2.75) is 38.5 Å². The number of unbranched alkanes of at least 4 members (excludes halogenated alkanes) is 1. The molecule has 0 aromatic heterocycles. The smallest absolute Gasteiger partial charge is 0.153 e. The van der Waals surface area contributed by atoms with E-state index in [0.717, 1.165) is 12.7 Å². The molecule has 3 heteroatoms. The van der Waals surface area contributed by atoms with Crippen molar-refractivity contribution in [2.75, 3.05) is 26.2 Å². The summed E-state index contributed by atoms with van der Waals surface area (Å²) in [6.07, 6.45) is 8.55. The summed E-state index contributed by atoms with van der Waals surface area (Å²) in [6.45, 7) is 4.39. The number of hydrogen-bond acceptors (Lipinski definition) is 3. The quantitative estimate of drug-likeness (QED) is 0.563. The lowest BCUT2D eigenvalue weighted by atomic mass is 10.2. The Balaban J connectivity index is 1.62. The van der Waals surface area contributed by atoms with E-state index in [2.05, 4.69) is 4.90 Å². The monoisotopic (exact) mass is 275 g/mol. The summed E-state index contributed by atoms with van der Waals surface area (Å²) >= 11 is 0. The number of rotatable bonds is 7. The number of para-hydroxylation sites is 1. The topological polar surface area (TPSA) is 29.5 Å². The minimum atomic E-state index is 0.639. The maximum absolute atomic E-state index is 10.9. The Morgan fingerprint density at radius 1 is 1.05 bits per heavy atom. The number of benzene rings is 1. The zero-order chi connectivity index (χ0) is 14.0. The first kappa shape index (κ1) is 15.0. The molecule has 0 aliphatic carbocycles. The molecule has 110 valence electrons. The molecule has 0 radical (unpaired) electrons. The lowest BCUT2D eigenvalue weighted by molar-refractivity contribution is 0.111. The number of ether oxygens (including phenoxy) is 1. The second kappa shape index (κ2) is 8.75. The summed E-state index contributed by atoms with van der Waals surface area (Å²) in [5.41, 5.74) is 0.639. The summed E-state index contributed by atoms with van der Waals surface area (Å²) in [5, 5.41) is 0. The van der Waals surface area contributed by atoms with Crippen LogP contribution in [0.15, 0.2) is 24.3 Å². The third-order valence-corrected chi connectivity index (χ3v) is 3.87. The van der Waals surface area contributed by atoms with E-state index in [0.29, 0.717) is 17.9 Å². The van der Waals surface area contributed by atoms with Gasteiger partial charge in [0.15, 0.2) is 6.29 Å². The highest BCUT2D eigenvalue weighted by molar-refractivity contribution is 5.79. The van der Waals surface area contributed by atoms with Crippen LogP contribution in [-0.4, -0.2) is 37.4 Å². The van der Waals surface area contributed by atoms with Crippen LogP contribution >= 0.6 is 0 Å². The molecule has 1 aliphatic heterocycles. The van der Waals surface area contributed by atoms with Gasteiger partial charge in [0.25, 0.3) is 0 Å². The van der Waals surface area contributed by atoms with Crippen molar-refractivity contribution in [1.82, 2.24) is 4.90 Å². The first-order valence-electron chi connectivity index (χ1n) is 7.79. The standard InChI is InChI=1S/C17H25NO2/c19-15-16-9-3-4-10-17(16)20-14-8-7-13-18-11-5-1-2-6-12-18/h3-4,9-10,15H,1-2,5-8,11-14H2. The molecular weight excluding hydrogens is 250 g/mol. The molecule has 0 bridgehead atoms. The van der Waals surface area contributed by atoms with Crippen LogP contribution in [0.4, 0.5) is 0 Å². The number of carbonyl (C=O) groups is 1. The molecule has 0 N–H and O–H groups in total. The number of nitrogens with zero attached hydrogens (tertiary/aromatic N) is 1. The van der Waals surface area contributed by atoms with E-state index in [1.54, 1.807) is 6.07 Å². The van der Waals surface area contributed by atoms with Crippen molar-refractivity contribution in [3.8, 4) is 5.75 Å². The molecule has 1 aliphatic rings. The van der Waals surface area contributed by atoms with Gasteiger partial charge >= 0.3 is 0 Å². The van der Waals surface area contributed by atoms with Crippen molar-refractivity contribution >= 4 is 6.29 Å². The Labute approximate surface area is 121 Å². The second-order valence-electron chi connectivity index (χ2n) is 5.47. The number of likely N-dealkylation sites (tertiary alicyclic amines) is 1. The maximum atomic E-state index is 10.9. The van der Waals surface area contributed by atoms with E-state index in [1.807, 2.05) is 18.2 Å². The molecule has 1 saturated heterocycles. The SMILES string of the molecule is O=Cc1ccccc1OCCCCN1CCCCCC1. The van der Waals surface area contributed by atoms with Crippen molar-refractivity contribution in [3.05, 3.63) is 29.8 Å². The van der Waals surface area contributed by atoms with Crippen molar-refractivity contribution < 1.29 is 9.53 Å². The average Bonchev–Trinajstić information content (AvgIpc) is 2.76. The van der Waals surface area contributed by atoms with Gasteiger partial charge in [-0.1, -0.05) is 25.0 Å². The summed E-state index contributed by atoms with van der Waals surface area (Å²) < 4.78 is 5.69. The maximum Gasteiger partial charge on any atom is 0.153 e. The Morgan fingerprint density at radius 2 is 1.80 bits per heavy atom. The van der Waals surface area contributed by atoms with Crippen LogP contribution in [0.1, 0.15) is 48.9 Å². The largest absolute Gasteiger partial charge is 0.493 e. The van der Waals surface area contributed by atoms with Gasteiger partial charge in [-0.05, 0) is 57.5 Å². The summed E-state index contributed by atoms with van der Waals surface area (Å²) in [7, 11) is 0. The van der Waals surface area contributed by atoms with Gasteiger partial charge in [-0.2, -0.15) is 0 Å². The molecule has 3 nitrogen and oxygen atoms in total. The molecule has 0 unspecified atom stereocenters. The van der Waals surface area contributed by atoms with Crippen molar-refractivity contribution in [2.24, 2.45) is 0 Å². The predicted octanol–water partition coefficient (Wildman–Crippen LogP) is 3.53. The minimum Gasteiger partial charge on any atom is -0.493 e. The van der Waals surface area contributed by atoms with Crippen LogP contribution in [0.25, 0.3) is 0 Å². The molecular formula is C17H25NO2. The van der Waals surface area contributed by atoms with Crippen LogP contribution in [0, 0.1) is 0 Å². The van der Waals surface area contributed by atoms with Crippen LogP contribution in [-0.2, 0) is 0 Å². The van der Waals surface area contributed by atoms with E-state index in [1.165, 1.54) is 51.7 Å². The Hall–Kier alpha value is -1.35. The van der Waals surface area contributed by atoms with Gasteiger partial charge in [0.05, 0.1) is 12.2 Å². The summed E-state index contributed by atoms with van der Waals surface area (Å²) in [5.74, 6) is 0.706. The molecule has 1 heterocycles. The summed E-state index contributed by atoms with van der Waals surface area (Å²) in [4.78, 5) is 13.4. The van der Waals surface area contributed by atoms with Gasteiger partial charge < -0.3 is 9.64 Å². The zero-order valence-corrected chi connectivity index (χ0v) is 12.2. The summed E-state index contributed by atoms with van der Waals surface area (Å²) in [6, 6.07) is 7.41. The third kappa shape index (κ3) is 4.97. The van der Waals surface area contributed by atoms with Crippen molar-refractivity contribution in [3.63, 3.8) is 0 Å². The van der Waals surface area contributed by atoms with Gasteiger partial charge in [0, 0.05) is 0 Å². The van der Waals surface area contributed by atoms with E-state index >= 15 is 0 Å². The number of carbonyl (C=O) groups excluding carboxylic acids is 1. The third-order valence-electron chi connectivity index (χ3n) is 3.87. The molecule has 0 atom stereocenters. The molecule has 2 rings (SSSR count). The highest BCUT2D eigenvalue weighted by Gasteiger charge is 2.08. The Bertz CT molecular complexity index is 398. The first-order valence-corrected chi connectivity index (χ1v) is 7.79. The van der Waals surface area contributed by atoms with E-state index in [9.17, 15) is 4.79 Å². The second-order valence-corrected chi connectivity index (χ2v) is 5.47. The molecule has 0 amide bonds. The van der Waals surface area contributed by atoms with Gasteiger partial charge in [0.2, 0.25) is 0 Å². The molecule has 1 aromatic carbocycles. The fourth-order valence-corrected chi connectivity index (χ4v) is 2.69. The predicted molar refractivity (Wildman–Crippen MR) is 81.5 cm³/mol. The fourth-order valence-electron chi connectivity index (χ4n) is 2.69. The van der Waals surface area contributed by atoms with Crippen LogP contribution in [0.5, 0.6) is 5.75 Å². The molecule has 0 spiro atoms. The van der Waals surface area contributed by atoms with Crippen LogP contribution < -0.4 is 4.74 Å². The highest BCUT2D eigenvalue weighted by atomic mass is 16.5. The lowest BCUT2D eigenvalue weighted by Crippen LogP contribution is -2.25. The van der Waals surface area contributed by atoms with Gasteiger partial charge in [-0.25, -0.2) is 0 Å². The molecule has 0 saturated carbocycles. The van der Waals surface area contributed by atoms with E-state index in [4.69, 9.17) is 4.74 Å². The lowest BCUT2D eigenvalue weighted by Gasteiger charge is -2.19. The highest BCUT2D eigenvalue weighted by Crippen LogP contribution is 2.16. The Morgan fingerprint density at radius 3 is 2.55 bits per heavy atom. The van der Waals surface area contributed by atoms with Crippen molar-refractivity contribution in [1.29, 1.82) is 0 Å². The Kier molecular flexibility index (Phi) is 6.58. The van der Waals surface area contributed by atoms with E-state index < -0.39 is 0 Å². The normalized spacial score (nSPS) is 16.6. The fraction of sp³-hybridized carbons (Fsp3) is 0.588. The first-order chi connectivity index (χ1) is 9.90. The van der Waals surface area contributed by atoms with Gasteiger partial charge in [-0.15, -0.1) is 0 Å².